The first-order valence-electron chi connectivity index (χ1n) is 10.4. The molecular formula is C28H25NO. The lowest BCUT2D eigenvalue weighted by atomic mass is 9.87. The van der Waals surface area contributed by atoms with Gasteiger partial charge in [-0.2, -0.15) is 0 Å². The maximum atomic E-state index is 6.34. The maximum absolute atomic E-state index is 6.34. The summed E-state index contributed by atoms with van der Waals surface area (Å²) in [6.45, 7) is 6.73. The largest absolute Gasteiger partial charge is 0.454 e. The highest BCUT2D eigenvalue weighted by Crippen LogP contribution is 2.42. The fourth-order valence-electron chi connectivity index (χ4n) is 4.02. The Morgan fingerprint density at radius 1 is 0.600 bits per heavy atom. The number of nitrogens with zero attached hydrogens (tertiary/aromatic N) is 1. The number of furan rings is 1. The molecule has 0 atom stereocenters. The van der Waals surface area contributed by atoms with Gasteiger partial charge in [-0.15, -0.1) is 0 Å². The maximum Gasteiger partial charge on any atom is 0.159 e. The zero-order valence-electron chi connectivity index (χ0n) is 17.6. The van der Waals surface area contributed by atoms with E-state index in [-0.39, 0.29) is 5.41 Å². The Labute approximate surface area is 177 Å². The predicted octanol–water partition coefficient (Wildman–Crippen LogP) is 8.35. The minimum atomic E-state index is 0.120. The third-order valence-electron chi connectivity index (χ3n) is 5.63. The van der Waals surface area contributed by atoms with Gasteiger partial charge in [0.25, 0.3) is 0 Å². The first-order valence-corrected chi connectivity index (χ1v) is 10.4. The van der Waals surface area contributed by atoms with Crippen molar-refractivity contribution >= 4 is 39.0 Å². The van der Waals surface area contributed by atoms with E-state index >= 15 is 0 Å². The van der Waals surface area contributed by atoms with E-state index in [1.165, 1.54) is 5.56 Å². The van der Waals surface area contributed by atoms with E-state index in [4.69, 9.17) is 4.42 Å². The van der Waals surface area contributed by atoms with Crippen LogP contribution in [0.1, 0.15) is 26.3 Å². The molecule has 4 aromatic carbocycles. The van der Waals surface area contributed by atoms with Gasteiger partial charge in [-0.05, 0) is 47.4 Å². The average Bonchev–Trinajstić information content (AvgIpc) is 3.14. The van der Waals surface area contributed by atoms with Crippen LogP contribution in [0.25, 0.3) is 21.9 Å². The summed E-state index contributed by atoms with van der Waals surface area (Å²) in [4.78, 5) is 2.27. The third kappa shape index (κ3) is 3.15. The molecule has 0 amide bonds. The highest BCUT2D eigenvalue weighted by molar-refractivity contribution is 6.10. The van der Waals surface area contributed by atoms with Crippen molar-refractivity contribution in [3.05, 3.63) is 103 Å². The molecule has 1 aromatic heterocycles. The van der Waals surface area contributed by atoms with Crippen molar-refractivity contribution in [3.8, 4) is 0 Å². The summed E-state index contributed by atoms with van der Waals surface area (Å²) in [5, 5.41) is 2.28. The molecule has 2 nitrogen and oxygen atoms in total. The van der Waals surface area contributed by atoms with E-state index in [0.717, 1.165) is 39.0 Å². The number of para-hydroxylation sites is 3. The second-order valence-corrected chi connectivity index (χ2v) is 8.72. The van der Waals surface area contributed by atoms with E-state index in [0.29, 0.717) is 0 Å². The predicted molar refractivity (Wildman–Crippen MR) is 127 cm³/mol. The van der Waals surface area contributed by atoms with Crippen molar-refractivity contribution in [3.63, 3.8) is 0 Å². The standard InChI is InChI=1S/C28H25NO/c1-28(2,3)20-16-18-22(19-17-20)29(21-10-5-4-6-11-21)25-14-9-13-24-23-12-7-8-15-26(23)30-27(24)25/h4-19H,1-3H3. The molecule has 5 rings (SSSR count). The SMILES string of the molecule is CC(C)(C)c1ccc(N(c2ccccc2)c2cccc3c2oc2ccccc23)cc1. The second kappa shape index (κ2) is 7.07. The Hall–Kier alpha value is -3.52. The van der Waals surface area contributed by atoms with Gasteiger partial charge in [-0.3, -0.25) is 0 Å². The van der Waals surface area contributed by atoms with Crippen molar-refractivity contribution in [2.75, 3.05) is 4.90 Å². The monoisotopic (exact) mass is 391 g/mol. The molecule has 0 bridgehead atoms. The summed E-state index contributed by atoms with van der Waals surface area (Å²) in [6.07, 6.45) is 0. The smallest absolute Gasteiger partial charge is 0.159 e. The molecule has 5 aromatic rings. The van der Waals surface area contributed by atoms with E-state index in [2.05, 4.69) is 105 Å². The van der Waals surface area contributed by atoms with Crippen molar-refractivity contribution in [1.29, 1.82) is 0 Å². The van der Waals surface area contributed by atoms with Gasteiger partial charge in [0, 0.05) is 22.1 Å². The summed E-state index contributed by atoms with van der Waals surface area (Å²) in [7, 11) is 0. The molecular weight excluding hydrogens is 366 g/mol. The second-order valence-electron chi connectivity index (χ2n) is 8.72. The number of fused-ring (bicyclic) bond motifs is 3. The van der Waals surface area contributed by atoms with Crippen LogP contribution in [0.5, 0.6) is 0 Å². The number of rotatable bonds is 3. The van der Waals surface area contributed by atoms with Gasteiger partial charge >= 0.3 is 0 Å². The van der Waals surface area contributed by atoms with Gasteiger partial charge in [0.15, 0.2) is 5.58 Å². The van der Waals surface area contributed by atoms with E-state index in [9.17, 15) is 0 Å². The molecule has 2 heteroatoms. The molecule has 148 valence electrons. The summed E-state index contributed by atoms with van der Waals surface area (Å²) in [5.74, 6) is 0. The van der Waals surface area contributed by atoms with Crippen LogP contribution in [-0.2, 0) is 5.41 Å². The molecule has 0 fully saturated rings. The summed E-state index contributed by atoms with van der Waals surface area (Å²) in [5.41, 5.74) is 6.52. The zero-order chi connectivity index (χ0) is 20.7. The van der Waals surface area contributed by atoms with E-state index < -0.39 is 0 Å². The summed E-state index contributed by atoms with van der Waals surface area (Å²) in [6, 6.07) is 33.9. The minimum absolute atomic E-state index is 0.120. The normalized spacial score (nSPS) is 11.8. The van der Waals surface area contributed by atoms with Crippen LogP contribution in [-0.4, -0.2) is 0 Å². The molecule has 0 radical (unpaired) electrons. The van der Waals surface area contributed by atoms with E-state index in [1.807, 2.05) is 18.2 Å². The lowest BCUT2D eigenvalue weighted by molar-refractivity contribution is 0.590. The first-order chi connectivity index (χ1) is 14.5. The van der Waals surface area contributed by atoms with Gasteiger partial charge in [-0.25, -0.2) is 0 Å². The molecule has 0 aliphatic rings. The third-order valence-corrected chi connectivity index (χ3v) is 5.63. The molecule has 0 spiro atoms. The van der Waals surface area contributed by atoms with Gasteiger partial charge < -0.3 is 9.32 Å². The van der Waals surface area contributed by atoms with E-state index in [1.54, 1.807) is 0 Å². The number of hydrogen-bond acceptors (Lipinski definition) is 2. The van der Waals surface area contributed by atoms with Crippen molar-refractivity contribution in [2.24, 2.45) is 0 Å². The Balaban J connectivity index is 1.74. The molecule has 30 heavy (non-hydrogen) atoms. The summed E-state index contributed by atoms with van der Waals surface area (Å²) < 4.78 is 6.34. The van der Waals surface area contributed by atoms with Gasteiger partial charge in [0.05, 0.1) is 5.69 Å². The quantitative estimate of drug-likeness (QED) is 0.307. The van der Waals surface area contributed by atoms with Crippen molar-refractivity contribution in [2.45, 2.75) is 26.2 Å². The zero-order valence-corrected chi connectivity index (χ0v) is 17.6. The molecule has 0 aliphatic heterocycles. The Morgan fingerprint density at radius 3 is 1.97 bits per heavy atom. The topological polar surface area (TPSA) is 16.4 Å². The van der Waals surface area contributed by atoms with Crippen LogP contribution < -0.4 is 4.90 Å². The van der Waals surface area contributed by atoms with Gasteiger partial charge in [-0.1, -0.05) is 81.4 Å². The van der Waals surface area contributed by atoms with Crippen LogP contribution in [0.2, 0.25) is 0 Å². The van der Waals surface area contributed by atoms with Crippen LogP contribution in [0.15, 0.2) is 101 Å². The molecule has 0 aliphatic carbocycles. The number of anilines is 3. The van der Waals surface area contributed by atoms with Crippen LogP contribution >= 0.6 is 0 Å². The van der Waals surface area contributed by atoms with Crippen LogP contribution in [0, 0.1) is 0 Å². The Kier molecular flexibility index (Phi) is 4.36. The van der Waals surface area contributed by atoms with Crippen molar-refractivity contribution in [1.82, 2.24) is 0 Å². The molecule has 1 heterocycles. The molecule has 0 saturated heterocycles. The lowest BCUT2D eigenvalue weighted by Crippen LogP contribution is -2.13. The Bertz CT molecular complexity index is 1310. The van der Waals surface area contributed by atoms with Gasteiger partial charge in [0.2, 0.25) is 0 Å². The van der Waals surface area contributed by atoms with Crippen molar-refractivity contribution < 1.29 is 4.42 Å². The minimum Gasteiger partial charge on any atom is -0.454 e. The molecule has 0 saturated carbocycles. The highest BCUT2D eigenvalue weighted by atomic mass is 16.3. The van der Waals surface area contributed by atoms with Gasteiger partial charge in [0.1, 0.15) is 5.58 Å². The average molecular weight is 392 g/mol. The Morgan fingerprint density at radius 2 is 1.23 bits per heavy atom. The van der Waals surface area contributed by atoms with Crippen LogP contribution in [0.3, 0.4) is 0 Å². The molecule has 0 unspecified atom stereocenters. The first kappa shape index (κ1) is 18.5. The van der Waals surface area contributed by atoms with Crippen LogP contribution in [0.4, 0.5) is 17.1 Å². The lowest BCUT2D eigenvalue weighted by Gasteiger charge is -2.27. The fraction of sp³-hybridized carbons (Fsp3) is 0.143. The highest BCUT2D eigenvalue weighted by Gasteiger charge is 2.20. The fourth-order valence-corrected chi connectivity index (χ4v) is 4.02. The molecule has 0 N–H and O–H groups in total. The number of benzene rings is 4. The number of hydrogen-bond donors (Lipinski definition) is 0. The summed E-state index contributed by atoms with van der Waals surface area (Å²) >= 11 is 0.